The number of nitrogen functional groups attached to an aromatic ring is 1. The van der Waals surface area contributed by atoms with Gasteiger partial charge < -0.3 is 20.5 Å². The van der Waals surface area contributed by atoms with Crippen LogP contribution in [0.5, 0.6) is 5.75 Å². The molecule has 1 atom stereocenters. The molecule has 0 bridgehead atoms. The Bertz CT molecular complexity index is 971. The largest absolute Gasteiger partial charge is 0.486 e. The Morgan fingerprint density at radius 2 is 2.04 bits per heavy atom. The van der Waals surface area contributed by atoms with E-state index in [1.54, 1.807) is 18.2 Å². The van der Waals surface area contributed by atoms with Gasteiger partial charge >= 0.3 is 0 Å². The van der Waals surface area contributed by atoms with Crippen LogP contribution in [0.15, 0.2) is 36.7 Å². The summed E-state index contributed by atoms with van der Waals surface area (Å²) in [4.78, 5) is 8.54. The van der Waals surface area contributed by atoms with Crippen LogP contribution in [-0.2, 0) is 4.74 Å². The number of aromatic nitrogens is 2. The van der Waals surface area contributed by atoms with Crippen LogP contribution in [0.3, 0.4) is 0 Å². The second-order valence-electron chi connectivity index (χ2n) is 5.99. The SMILES string of the molecule is Cl.Cl.Nc1cc2c(Nc3ccc(F)c(Cl)c3)ncnc2cc1OC1CCOC1. The fraction of sp³-hybridized carbons (Fsp3) is 0.222. The van der Waals surface area contributed by atoms with E-state index in [0.29, 0.717) is 41.7 Å². The van der Waals surface area contributed by atoms with E-state index in [1.807, 2.05) is 0 Å². The summed E-state index contributed by atoms with van der Waals surface area (Å²) in [7, 11) is 0. The van der Waals surface area contributed by atoms with Gasteiger partial charge in [0.25, 0.3) is 0 Å². The summed E-state index contributed by atoms with van der Waals surface area (Å²) < 4.78 is 24.6. The molecule has 3 N–H and O–H groups in total. The predicted molar refractivity (Wildman–Crippen MR) is 113 cm³/mol. The molecule has 3 aromatic rings. The smallest absolute Gasteiger partial charge is 0.144 e. The van der Waals surface area contributed by atoms with Crippen molar-refractivity contribution in [2.75, 3.05) is 24.3 Å². The standard InChI is InChI=1S/C18H16ClFN4O2.2ClH/c19-13-5-10(1-2-14(13)20)24-18-12-6-15(21)17(7-16(12)22-9-23-18)26-11-3-4-25-8-11;;/h1-2,5-7,9,11H,3-4,8,21H2,(H,22,23,24);2*1H. The minimum absolute atomic E-state index is 0. The van der Waals surface area contributed by atoms with E-state index in [0.717, 1.165) is 11.8 Å². The van der Waals surface area contributed by atoms with Crippen molar-refractivity contribution in [1.29, 1.82) is 0 Å². The number of hydrogen-bond donors (Lipinski definition) is 2. The molecule has 28 heavy (non-hydrogen) atoms. The zero-order valence-electron chi connectivity index (χ0n) is 14.5. The molecule has 0 aliphatic carbocycles. The molecule has 1 fully saturated rings. The highest BCUT2D eigenvalue weighted by Crippen LogP contribution is 2.33. The predicted octanol–water partition coefficient (Wildman–Crippen LogP) is 4.76. The maximum Gasteiger partial charge on any atom is 0.144 e. The first kappa shape index (κ1) is 22.2. The number of nitrogens with zero attached hydrogens (tertiary/aromatic N) is 2. The second-order valence-corrected chi connectivity index (χ2v) is 6.39. The van der Waals surface area contributed by atoms with Gasteiger partial charge in [-0.1, -0.05) is 11.6 Å². The van der Waals surface area contributed by atoms with Gasteiger partial charge in [-0.2, -0.15) is 0 Å². The Morgan fingerprint density at radius 3 is 2.75 bits per heavy atom. The molecule has 1 saturated heterocycles. The van der Waals surface area contributed by atoms with E-state index in [4.69, 9.17) is 26.8 Å². The van der Waals surface area contributed by atoms with Gasteiger partial charge in [-0.3, -0.25) is 0 Å². The third-order valence-electron chi connectivity index (χ3n) is 4.13. The van der Waals surface area contributed by atoms with E-state index in [9.17, 15) is 4.39 Å². The first-order chi connectivity index (χ1) is 12.6. The van der Waals surface area contributed by atoms with Crippen LogP contribution in [0, 0.1) is 5.82 Å². The lowest BCUT2D eigenvalue weighted by molar-refractivity contribution is 0.142. The van der Waals surface area contributed by atoms with Crippen molar-refractivity contribution in [3.63, 3.8) is 0 Å². The second kappa shape index (κ2) is 9.43. The fourth-order valence-corrected chi connectivity index (χ4v) is 2.98. The molecule has 1 aliphatic rings. The number of halogens is 4. The van der Waals surface area contributed by atoms with Gasteiger partial charge in [0, 0.05) is 23.6 Å². The molecule has 0 spiro atoms. The summed E-state index contributed by atoms with van der Waals surface area (Å²) in [6.45, 7) is 1.24. The highest BCUT2D eigenvalue weighted by Gasteiger charge is 2.19. The minimum Gasteiger partial charge on any atom is -0.486 e. The Morgan fingerprint density at radius 1 is 1.21 bits per heavy atom. The minimum atomic E-state index is -0.480. The van der Waals surface area contributed by atoms with Crippen LogP contribution in [0.2, 0.25) is 5.02 Å². The summed E-state index contributed by atoms with van der Waals surface area (Å²) >= 11 is 5.83. The average Bonchev–Trinajstić information content (AvgIpc) is 3.13. The van der Waals surface area contributed by atoms with E-state index < -0.39 is 5.82 Å². The van der Waals surface area contributed by atoms with Crippen LogP contribution >= 0.6 is 36.4 Å². The van der Waals surface area contributed by atoms with Crippen molar-refractivity contribution < 1.29 is 13.9 Å². The highest BCUT2D eigenvalue weighted by atomic mass is 35.5. The molecule has 2 aromatic carbocycles. The van der Waals surface area contributed by atoms with Gasteiger partial charge in [-0.15, -0.1) is 24.8 Å². The lowest BCUT2D eigenvalue weighted by Crippen LogP contribution is -2.16. The number of ether oxygens (including phenoxy) is 2. The summed E-state index contributed by atoms with van der Waals surface area (Å²) in [5.74, 6) is 0.634. The highest BCUT2D eigenvalue weighted by molar-refractivity contribution is 6.31. The van der Waals surface area contributed by atoms with Crippen molar-refractivity contribution in [3.8, 4) is 5.75 Å². The zero-order chi connectivity index (χ0) is 18.1. The van der Waals surface area contributed by atoms with E-state index in [-0.39, 0.29) is 35.9 Å². The van der Waals surface area contributed by atoms with E-state index >= 15 is 0 Å². The summed E-state index contributed by atoms with van der Waals surface area (Å²) in [6, 6.07) is 7.90. The summed E-state index contributed by atoms with van der Waals surface area (Å²) in [5, 5.41) is 3.87. The average molecular weight is 448 g/mol. The number of rotatable bonds is 4. The normalized spacial score (nSPS) is 15.6. The number of nitrogens with two attached hydrogens (primary N) is 1. The first-order valence-corrected chi connectivity index (χ1v) is 8.48. The van der Waals surface area contributed by atoms with Crippen LogP contribution < -0.4 is 15.8 Å². The zero-order valence-corrected chi connectivity index (χ0v) is 16.9. The van der Waals surface area contributed by atoms with E-state index in [2.05, 4.69) is 15.3 Å². The Kier molecular flexibility index (Phi) is 7.48. The molecule has 4 rings (SSSR count). The number of fused-ring (bicyclic) bond motifs is 1. The van der Waals surface area contributed by atoms with Crippen molar-refractivity contribution in [2.45, 2.75) is 12.5 Å². The van der Waals surface area contributed by atoms with Crippen LogP contribution in [-0.4, -0.2) is 29.3 Å². The molecule has 2 heterocycles. The molecule has 10 heteroatoms. The fourth-order valence-electron chi connectivity index (χ4n) is 2.80. The van der Waals surface area contributed by atoms with Crippen molar-refractivity contribution in [2.24, 2.45) is 0 Å². The monoisotopic (exact) mass is 446 g/mol. The van der Waals surface area contributed by atoms with Crippen molar-refractivity contribution in [1.82, 2.24) is 9.97 Å². The van der Waals surface area contributed by atoms with Gasteiger partial charge in [-0.05, 0) is 24.3 Å². The molecule has 1 unspecified atom stereocenters. The first-order valence-electron chi connectivity index (χ1n) is 8.11. The number of hydrogen-bond acceptors (Lipinski definition) is 6. The van der Waals surface area contributed by atoms with Gasteiger partial charge in [0.1, 0.15) is 29.8 Å². The molecular weight excluding hydrogens is 430 g/mol. The van der Waals surface area contributed by atoms with Crippen LogP contribution in [0.1, 0.15) is 6.42 Å². The Labute approximate surface area is 178 Å². The summed E-state index contributed by atoms with van der Waals surface area (Å²) in [5.41, 5.74) is 7.93. The number of nitrogens with one attached hydrogen (secondary N) is 1. The maximum atomic E-state index is 13.3. The van der Waals surface area contributed by atoms with Gasteiger partial charge in [0.2, 0.25) is 0 Å². The molecule has 0 saturated carbocycles. The van der Waals surface area contributed by atoms with E-state index in [1.165, 1.54) is 18.5 Å². The quantitative estimate of drug-likeness (QED) is 0.561. The molecule has 150 valence electrons. The number of anilines is 3. The van der Waals surface area contributed by atoms with Crippen molar-refractivity contribution in [3.05, 3.63) is 47.5 Å². The summed E-state index contributed by atoms with van der Waals surface area (Å²) in [6.07, 6.45) is 2.27. The maximum absolute atomic E-state index is 13.3. The molecule has 1 aliphatic heterocycles. The van der Waals surface area contributed by atoms with Crippen molar-refractivity contribution >= 4 is 64.5 Å². The topological polar surface area (TPSA) is 82.3 Å². The molecule has 0 amide bonds. The molecule has 6 nitrogen and oxygen atoms in total. The molecular formula is C18H18Cl3FN4O2. The third-order valence-corrected chi connectivity index (χ3v) is 4.42. The van der Waals surface area contributed by atoms with Gasteiger partial charge in [0.05, 0.1) is 29.4 Å². The molecule has 0 radical (unpaired) electrons. The van der Waals surface area contributed by atoms with Crippen LogP contribution in [0.4, 0.5) is 21.6 Å². The third kappa shape index (κ3) is 4.67. The van der Waals surface area contributed by atoms with Gasteiger partial charge in [0.15, 0.2) is 0 Å². The molecule has 1 aromatic heterocycles. The lowest BCUT2D eigenvalue weighted by atomic mass is 10.2. The lowest BCUT2D eigenvalue weighted by Gasteiger charge is -2.15. The number of benzene rings is 2. The van der Waals surface area contributed by atoms with Crippen LogP contribution in [0.25, 0.3) is 10.9 Å². The Hall–Kier alpha value is -2.06. The Balaban J connectivity index is 0.00000140. The van der Waals surface area contributed by atoms with Gasteiger partial charge in [-0.25, -0.2) is 14.4 Å².